The number of rotatable bonds is 9. The lowest BCUT2D eigenvalue weighted by molar-refractivity contribution is 0.202. The molecule has 2 N–H and O–H groups in total. The lowest BCUT2D eigenvalue weighted by Gasteiger charge is -2.28. The molecule has 0 aromatic rings. The van der Waals surface area contributed by atoms with E-state index in [4.69, 9.17) is 5.73 Å². The first-order valence-corrected chi connectivity index (χ1v) is 7.59. The maximum Gasteiger partial charge on any atom is 0.00220 e. The van der Waals surface area contributed by atoms with Gasteiger partial charge in [-0.05, 0) is 62.3 Å². The fraction of sp³-hybridized carbons (Fsp3) is 1.00. The largest absolute Gasteiger partial charge is 0.330 e. The van der Waals surface area contributed by atoms with Crippen LogP contribution in [0, 0.1) is 23.7 Å². The lowest BCUT2D eigenvalue weighted by atomic mass is 9.96. The van der Waals surface area contributed by atoms with Crippen molar-refractivity contribution in [1.29, 1.82) is 0 Å². The molecule has 2 aliphatic carbocycles. The van der Waals surface area contributed by atoms with E-state index < -0.39 is 0 Å². The molecule has 0 radical (unpaired) electrons. The normalized spacial score (nSPS) is 22.4. The van der Waals surface area contributed by atoms with Crippen LogP contribution in [0.25, 0.3) is 0 Å². The van der Waals surface area contributed by atoms with Gasteiger partial charge in [0.05, 0.1) is 0 Å². The monoisotopic (exact) mass is 238 g/mol. The molecule has 2 rings (SSSR count). The Labute approximate surface area is 107 Å². The quantitative estimate of drug-likeness (QED) is 0.669. The van der Waals surface area contributed by atoms with Gasteiger partial charge in [0.1, 0.15) is 0 Å². The van der Waals surface area contributed by atoms with E-state index >= 15 is 0 Å². The van der Waals surface area contributed by atoms with E-state index in [2.05, 4.69) is 18.7 Å². The lowest BCUT2D eigenvalue weighted by Crippen LogP contribution is -2.36. The Bertz CT molecular complexity index is 205. The molecule has 2 aliphatic rings. The zero-order chi connectivity index (χ0) is 12.3. The van der Waals surface area contributed by atoms with Crippen molar-refractivity contribution >= 4 is 0 Å². The van der Waals surface area contributed by atoms with Crippen molar-refractivity contribution in [3.05, 3.63) is 0 Å². The van der Waals surface area contributed by atoms with Crippen LogP contribution in [0.2, 0.25) is 0 Å². The van der Waals surface area contributed by atoms with Crippen LogP contribution in [-0.2, 0) is 0 Å². The summed E-state index contributed by atoms with van der Waals surface area (Å²) < 4.78 is 0. The van der Waals surface area contributed by atoms with Gasteiger partial charge in [-0.1, -0.05) is 13.8 Å². The van der Waals surface area contributed by atoms with E-state index in [0.29, 0.717) is 5.92 Å². The molecule has 1 atom stereocenters. The number of hydrogen-bond donors (Lipinski definition) is 1. The van der Waals surface area contributed by atoms with Crippen molar-refractivity contribution in [3.63, 3.8) is 0 Å². The molecule has 1 unspecified atom stereocenters. The average Bonchev–Trinajstić information content (AvgIpc) is 3.11. The minimum atomic E-state index is 0.715. The maximum absolute atomic E-state index is 5.94. The summed E-state index contributed by atoms with van der Waals surface area (Å²) in [5.74, 6) is 3.54. The molecule has 2 fully saturated rings. The predicted octanol–water partition coefficient (Wildman–Crippen LogP) is 2.73. The first-order chi connectivity index (χ1) is 8.17. The first kappa shape index (κ1) is 13.4. The second-order valence-corrected chi connectivity index (χ2v) is 6.84. The number of nitrogens with two attached hydrogens (primary N) is 1. The van der Waals surface area contributed by atoms with Crippen molar-refractivity contribution in [2.75, 3.05) is 26.2 Å². The summed E-state index contributed by atoms with van der Waals surface area (Å²) in [4.78, 5) is 2.73. The molecular formula is C15H30N2. The Kier molecular flexibility index (Phi) is 4.87. The summed E-state index contributed by atoms with van der Waals surface area (Å²) in [5, 5.41) is 0. The summed E-state index contributed by atoms with van der Waals surface area (Å²) in [7, 11) is 0. The summed E-state index contributed by atoms with van der Waals surface area (Å²) in [6.07, 6.45) is 7.18. The van der Waals surface area contributed by atoms with Gasteiger partial charge in [0, 0.05) is 19.6 Å². The standard InChI is InChI=1S/C15H30N2/c1-12(2)7-15(8-16)11-17(9-13-3-4-13)10-14-5-6-14/h12-15H,3-11,16H2,1-2H3. The van der Waals surface area contributed by atoms with E-state index in [1.807, 2.05) is 0 Å². The molecule has 0 heterocycles. The van der Waals surface area contributed by atoms with E-state index in [-0.39, 0.29) is 0 Å². The summed E-state index contributed by atoms with van der Waals surface area (Å²) >= 11 is 0. The van der Waals surface area contributed by atoms with Crippen LogP contribution in [0.15, 0.2) is 0 Å². The molecule has 0 bridgehead atoms. The Morgan fingerprint density at radius 2 is 1.59 bits per heavy atom. The van der Waals surface area contributed by atoms with Crippen molar-refractivity contribution in [3.8, 4) is 0 Å². The van der Waals surface area contributed by atoms with Crippen LogP contribution >= 0.6 is 0 Å². The van der Waals surface area contributed by atoms with E-state index in [1.54, 1.807) is 0 Å². The van der Waals surface area contributed by atoms with Gasteiger partial charge in [-0.15, -0.1) is 0 Å². The van der Waals surface area contributed by atoms with Gasteiger partial charge < -0.3 is 10.6 Å². The third-order valence-electron chi connectivity index (χ3n) is 4.08. The highest BCUT2D eigenvalue weighted by Crippen LogP contribution is 2.34. The second-order valence-electron chi connectivity index (χ2n) is 6.84. The summed E-state index contributed by atoms with van der Waals surface area (Å²) in [5.41, 5.74) is 5.94. The third-order valence-corrected chi connectivity index (χ3v) is 4.08. The Morgan fingerprint density at radius 3 is 1.94 bits per heavy atom. The topological polar surface area (TPSA) is 29.3 Å². The van der Waals surface area contributed by atoms with Crippen molar-refractivity contribution in [1.82, 2.24) is 4.90 Å². The summed E-state index contributed by atoms with van der Waals surface area (Å²) in [6, 6.07) is 0. The Balaban J connectivity index is 1.75. The maximum atomic E-state index is 5.94. The number of nitrogens with zero attached hydrogens (tertiary/aromatic N) is 1. The second kappa shape index (κ2) is 6.19. The highest BCUT2D eigenvalue weighted by Gasteiger charge is 2.30. The first-order valence-electron chi connectivity index (χ1n) is 7.59. The molecule has 2 saturated carbocycles. The fourth-order valence-corrected chi connectivity index (χ4v) is 2.83. The molecule has 0 spiro atoms. The fourth-order valence-electron chi connectivity index (χ4n) is 2.83. The number of hydrogen-bond acceptors (Lipinski definition) is 2. The van der Waals surface area contributed by atoms with Gasteiger partial charge in [0.15, 0.2) is 0 Å². The molecule has 0 saturated heterocycles. The predicted molar refractivity (Wildman–Crippen MR) is 73.9 cm³/mol. The van der Waals surface area contributed by atoms with Gasteiger partial charge in [0.25, 0.3) is 0 Å². The molecule has 2 nitrogen and oxygen atoms in total. The molecule has 0 aromatic carbocycles. The molecular weight excluding hydrogens is 208 g/mol. The molecule has 0 aromatic heterocycles. The van der Waals surface area contributed by atoms with Crippen LogP contribution in [-0.4, -0.2) is 31.1 Å². The Hall–Kier alpha value is -0.0800. The highest BCUT2D eigenvalue weighted by atomic mass is 15.1. The zero-order valence-corrected chi connectivity index (χ0v) is 11.7. The smallest absolute Gasteiger partial charge is 0.00220 e. The van der Waals surface area contributed by atoms with Crippen LogP contribution in [0.4, 0.5) is 0 Å². The minimum Gasteiger partial charge on any atom is -0.330 e. The van der Waals surface area contributed by atoms with E-state index in [1.165, 1.54) is 51.7 Å². The molecule has 0 amide bonds. The molecule has 2 heteroatoms. The average molecular weight is 238 g/mol. The molecule has 100 valence electrons. The van der Waals surface area contributed by atoms with Crippen molar-refractivity contribution in [2.24, 2.45) is 29.4 Å². The van der Waals surface area contributed by atoms with Gasteiger partial charge in [-0.2, -0.15) is 0 Å². The van der Waals surface area contributed by atoms with Crippen LogP contribution < -0.4 is 5.73 Å². The van der Waals surface area contributed by atoms with Crippen molar-refractivity contribution < 1.29 is 0 Å². The molecule has 17 heavy (non-hydrogen) atoms. The summed E-state index contributed by atoms with van der Waals surface area (Å²) in [6.45, 7) is 9.45. The van der Waals surface area contributed by atoms with Crippen LogP contribution in [0.1, 0.15) is 46.0 Å². The molecule has 0 aliphatic heterocycles. The van der Waals surface area contributed by atoms with Crippen molar-refractivity contribution in [2.45, 2.75) is 46.0 Å². The van der Waals surface area contributed by atoms with Gasteiger partial charge in [-0.3, -0.25) is 0 Å². The van der Waals surface area contributed by atoms with Gasteiger partial charge >= 0.3 is 0 Å². The van der Waals surface area contributed by atoms with Gasteiger partial charge in [-0.25, -0.2) is 0 Å². The van der Waals surface area contributed by atoms with E-state index in [9.17, 15) is 0 Å². The SMILES string of the molecule is CC(C)CC(CN)CN(CC1CC1)CC1CC1. The van der Waals surface area contributed by atoms with Crippen LogP contribution in [0.5, 0.6) is 0 Å². The zero-order valence-electron chi connectivity index (χ0n) is 11.7. The highest BCUT2D eigenvalue weighted by molar-refractivity contribution is 4.83. The Morgan fingerprint density at radius 1 is 1.06 bits per heavy atom. The minimum absolute atomic E-state index is 0.715. The van der Waals surface area contributed by atoms with E-state index in [0.717, 1.165) is 24.3 Å². The third kappa shape index (κ3) is 5.39. The van der Waals surface area contributed by atoms with Gasteiger partial charge in [0.2, 0.25) is 0 Å². The van der Waals surface area contributed by atoms with Crippen LogP contribution in [0.3, 0.4) is 0 Å².